The van der Waals surface area contributed by atoms with E-state index in [-0.39, 0.29) is 0 Å². The molecule has 0 bridgehead atoms. The highest BCUT2D eigenvalue weighted by molar-refractivity contribution is 5.68. The summed E-state index contributed by atoms with van der Waals surface area (Å²) in [6.07, 6.45) is 7.44. The van der Waals surface area contributed by atoms with E-state index in [1.807, 2.05) is 53.6 Å². The van der Waals surface area contributed by atoms with Crippen LogP contribution in [0.1, 0.15) is 5.56 Å². The van der Waals surface area contributed by atoms with Gasteiger partial charge in [-0.05, 0) is 29.3 Å². The van der Waals surface area contributed by atoms with Gasteiger partial charge < -0.3 is 10.5 Å². The van der Waals surface area contributed by atoms with E-state index >= 15 is 0 Å². The van der Waals surface area contributed by atoms with E-state index in [9.17, 15) is 0 Å². The standard InChI is InChI=1S/C16H16N4O/c1-21-16-7-13(4-5-15(16)17)14-9-19-20(11-14)10-12-3-2-6-18-8-12/h2-9,11H,10,17H2,1H3. The van der Waals surface area contributed by atoms with Crippen molar-refractivity contribution in [1.29, 1.82) is 0 Å². The zero-order chi connectivity index (χ0) is 14.7. The monoisotopic (exact) mass is 280 g/mol. The van der Waals surface area contributed by atoms with Crippen molar-refractivity contribution >= 4 is 5.69 Å². The number of ether oxygens (including phenoxy) is 1. The number of aromatic nitrogens is 3. The third kappa shape index (κ3) is 2.86. The molecule has 5 nitrogen and oxygen atoms in total. The number of hydrogen-bond acceptors (Lipinski definition) is 4. The maximum atomic E-state index is 5.83. The average Bonchev–Trinajstić information content (AvgIpc) is 2.97. The fraction of sp³-hybridized carbons (Fsp3) is 0.125. The summed E-state index contributed by atoms with van der Waals surface area (Å²) in [4.78, 5) is 4.11. The Morgan fingerprint density at radius 2 is 2.10 bits per heavy atom. The molecule has 0 atom stereocenters. The number of nitrogens with two attached hydrogens (primary N) is 1. The first-order chi connectivity index (χ1) is 10.3. The topological polar surface area (TPSA) is 66.0 Å². The molecule has 5 heteroatoms. The first kappa shape index (κ1) is 13.2. The van der Waals surface area contributed by atoms with Crippen molar-refractivity contribution < 1.29 is 4.74 Å². The van der Waals surface area contributed by atoms with Crippen LogP contribution in [0.25, 0.3) is 11.1 Å². The van der Waals surface area contributed by atoms with E-state index in [2.05, 4.69) is 10.1 Å². The summed E-state index contributed by atoms with van der Waals surface area (Å²) in [7, 11) is 1.61. The van der Waals surface area contributed by atoms with Crippen LogP contribution in [-0.2, 0) is 6.54 Å². The zero-order valence-corrected chi connectivity index (χ0v) is 11.7. The third-order valence-electron chi connectivity index (χ3n) is 3.27. The third-order valence-corrected chi connectivity index (χ3v) is 3.27. The van der Waals surface area contributed by atoms with Crippen LogP contribution in [0.2, 0.25) is 0 Å². The predicted octanol–water partition coefficient (Wildman–Crippen LogP) is 2.58. The molecule has 0 amide bonds. The number of anilines is 1. The van der Waals surface area contributed by atoms with Crippen LogP contribution in [0.3, 0.4) is 0 Å². The molecular weight excluding hydrogens is 264 g/mol. The van der Waals surface area contributed by atoms with Gasteiger partial charge in [-0.2, -0.15) is 5.10 Å². The number of rotatable bonds is 4. The van der Waals surface area contributed by atoms with E-state index in [0.29, 0.717) is 18.0 Å². The SMILES string of the molecule is COc1cc(-c2cnn(Cc3cccnc3)c2)ccc1N. The van der Waals surface area contributed by atoms with Crippen molar-refractivity contribution in [3.05, 3.63) is 60.7 Å². The van der Waals surface area contributed by atoms with Crippen molar-refractivity contribution in [2.24, 2.45) is 0 Å². The summed E-state index contributed by atoms with van der Waals surface area (Å²) in [6.45, 7) is 0.694. The summed E-state index contributed by atoms with van der Waals surface area (Å²) in [5.74, 6) is 0.674. The Kier molecular flexibility index (Phi) is 3.55. The average molecular weight is 280 g/mol. The lowest BCUT2D eigenvalue weighted by atomic mass is 10.1. The lowest BCUT2D eigenvalue weighted by Gasteiger charge is -2.06. The van der Waals surface area contributed by atoms with Gasteiger partial charge in [0.05, 0.1) is 25.5 Å². The molecule has 2 N–H and O–H groups in total. The fourth-order valence-electron chi connectivity index (χ4n) is 2.17. The molecule has 0 unspecified atom stereocenters. The van der Waals surface area contributed by atoms with Gasteiger partial charge >= 0.3 is 0 Å². The molecule has 1 aromatic carbocycles. The highest BCUT2D eigenvalue weighted by Gasteiger charge is 2.06. The molecule has 0 saturated carbocycles. The molecule has 0 aliphatic heterocycles. The van der Waals surface area contributed by atoms with Gasteiger partial charge in [-0.3, -0.25) is 9.67 Å². The summed E-state index contributed by atoms with van der Waals surface area (Å²) in [5, 5.41) is 4.38. The molecule has 0 aliphatic carbocycles. The normalized spacial score (nSPS) is 10.5. The first-order valence-electron chi connectivity index (χ1n) is 6.61. The molecule has 0 radical (unpaired) electrons. The van der Waals surface area contributed by atoms with Gasteiger partial charge in [0.1, 0.15) is 5.75 Å². The molecule has 3 aromatic rings. The highest BCUT2D eigenvalue weighted by Crippen LogP contribution is 2.28. The van der Waals surface area contributed by atoms with Gasteiger partial charge in [0.2, 0.25) is 0 Å². The molecule has 0 saturated heterocycles. The molecule has 21 heavy (non-hydrogen) atoms. The van der Waals surface area contributed by atoms with E-state index in [1.165, 1.54) is 0 Å². The Hall–Kier alpha value is -2.82. The maximum Gasteiger partial charge on any atom is 0.142 e. The quantitative estimate of drug-likeness (QED) is 0.746. The molecule has 0 spiro atoms. The number of nitrogen functional groups attached to an aromatic ring is 1. The Bertz CT molecular complexity index is 737. The van der Waals surface area contributed by atoms with Crippen LogP contribution in [0.15, 0.2) is 55.1 Å². The Labute approximate surface area is 123 Å². The molecule has 0 aliphatic rings. The van der Waals surface area contributed by atoms with Crippen LogP contribution >= 0.6 is 0 Å². The van der Waals surface area contributed by atoms with Crippen LogP contribution in [0.4, 0.5) is 5.69 Å². The second-order valence-corrected chi connectivity index (χ2v) is 4.74. The summed E-state index contributed by atoms with van der Waals surface area (Å²) in [6, 6.07) is 9.67. The van der Waals surface area contributed by atoms with Crippen LogP contribution in [0.5, 0.6) is 5.75 Å². The van der Waals surface area contributed by atoms with Gasteiger partial charge in [-0.1, -0.05) is 12.1 Å². The van der Waals surface area contributed by atoms with Crippen molar-refractivity contribution in [3.63, 3.8) is 0 Å². The van der Waals surface area contributed by atoms with Gasteiger partial charge in [-0.25, -0.2) is 0 Å². The maximum absolute atomic E-state index is 5.83. The summed E-state index contributed by atoms with van der Waals surface area (Å²) < 4.78 is 7.13. The van der Waals surface area contributed by atoms with E-state index in [1.54, 1.807) is 13.3 Å². The van der Waals surface area contributed by atoms with Crippen molar-refractivity contribution in [2.45, 2.75) is 6.54 Å². The largest absolute Gasteiger partial charge is 0.495 e. The minimum absolute atomic E-state index is 0.629. The highest BCUT2D eigenvalue weighted by atomic mass is 16.5. The lowest BCUT2D eigenvalue weighted by Crippen LogP contribution is -1.99. The Morgan fingerprint density at radius 1 is 1.19 bits per heavy atom. The fourth-order valence-corrected chi connectivity index (χ4v) is 2.17. The van der Waals surface area contributed by atoms with E-state index < -0.39 is 0 Å². The number of nitrogens with zero attached hydrogens (tertiary/aromatic N) is 3. The zero-order valence-electron chi connectivity index (χ0n) is 11.7. The predicted molar refractivity (Wildman–Crippen MR) is 82.0 cm³/mol. The molecule has 2 aromatic heterocycles. The van der Waals surface area contributed by atoms with Gasteiger partial charge in [0.25, 0.3) is 0 Å². The molecular formula is C16H16N4O. The number of benzene rings is 1. The van der Waals surface area contributed by atoms with Crippen molar-refractivity contribution in [2.75, 3.05) is 12.8 Å². The van der Waals surface area contributed by atoms with Crippen molar-refractivity contribution in [1.82, 2.24) is 14.8 Å². The second kappa shape index (κ2) is 5.66. The number of methoxy groups -OCH3 is 1. The van der Waals surface area contributed by atoms with Crippen LogP contribution < -0.4 is 10.5 Å². The van der Waals surface area contributed by atoms with E-state index in [0.717, 1.165) is 16.7 Å². The minimum Gasteiger partial charge on any atom is -0.495 e. The van der Waals surface area contributed by atoms with E-state index in [4.69, 9.17) is 10.5 Å². The molecule has 106 valence electrons. The molecule has 2 heterocycles. The lowest BCUT2D eigenvalue weighted by molar-refractivity contribution is 0.417. The summed E-state index contributed by atoms with van der Waals surface area (Å²) >= 11 is 0. The number of pyridine rings is 1. The molecule has 0 fully saturated rings. The second-order valence-electron chi connectivity index (χ2n) is 4.74. The van der Waals surface area contributed by atoms with Crippen LogP contribution in [0, 0.1) is 0 Å². The smallest absolute Gasteiger partial charge is 0.142 e. The first-order valence-corrected chi connectivity index (χ1v) is 6.61. The minimum atomic E-state index is 0.629. The van der Waals surface area contributed by atoms with Gasteiger partial charge in [-0.15, -0.1) is 0 Å². The Balaban J connectivity index is 1.85. The summed E-state index contributed by atoms with van der Waals surface area (Å²) in [5.41, 5.74) is 9.63. The molecule has 3 rings (SSSR count). The van der Waals surface area contributed by atoms with Gasteiger partial charge in [0.15, 0.2) is 0 Å². The van der Waals surface area contributed by atoms with Crippen molar-refractivity contribution in [3.8, 4) is 16.9 Å². The Morgan fingerprint density at radius 3 is 2.86 bits per heavy atom. The van der Waals surface area contributed by atoms with Crippen LogP contribution in [-0.4, -0.2) is 21.9 Å². The van der Waals surface area contributed by atoms with Gasteiger partial charge in [0, 0.05) is 24.2 Å². The number of hydrogen-bond donors (Lipinski definition) is 1.